The van der Waals surface area contributed by atoms with Gasteiger partial charge in [-0.25, -0.2) is 9.80 Å². The molecule has 0 saturated heterocycles. The maximum Gasteiger partial charge on any atom is 0.416 e. The van der Waals surface area contributed by atoms with Crippen LogP contribution < -0.4 is 9.80 Å². The standard InChI is InChI=1S/C104H62F12N2O4/c1-43(2)53-11-9-12-54(44(3)4)95(53)117-97(119)73-31-25-63-57-15-17-61-67-23-29-71-90-78(48-37-51(103(111,112)113)40-52(38-48)104(114,115)116)42-80-70-22-20-60-66-28-34-76-92-74(98(120)118(100(76)122)96-55(45(5)6)13-10-14-56(96)46(7)8)32-26-64(84(66)92)58-16-18-62(86(70)82(58)60)68-24-30-72(94(90)88(68)80)89-77(47-35-49(101(105,106)107)39-50(36-47)102(108,109)110)41-79(87(67)93(71)89)69-21-19-59(81(57)85(61)69)65-27-33-75(99(117)121)91(73)83(63)65/h9-46H,1-8H3. The van der Waals surface area contributed by atoms with Crippen molar-refractivity contribution in [2.24, 2.45) is 0 Å². The lowest BCUT2D eigenvalue weighted by atomic mass is 9.76. The summed E-state index contributed by atoms with van der Waals surface area (Å²) in [4.78, 5) is 63.9. The quantitative estimate of drug-likeness (QED) is 0.0657. The van der Waals surface area contributed by atoms with Gasteiger partial charge >= 0.3 is 24.7 Å². The maximum atomic E-state index is 15.6. The zero-order valence-corrected chi connectivity index (χ0v) is 66.0. The average molecular weight is 1630 g/mol. The summed E-state index contributed by atoms with van der Waals surface area (Å²) in [5, 5.41) is 16.4. The van der Waals surface area contributed by atoms with Gasteiger partial charge in [-0.1, -0.05) is 189 Å². The largest absolute Gasteiger partial charge is 0.416 e. The van der Waals surface area contributed by atoms with Crippen molar-refractivity contribution in [2.45, 2.75) is 104 Å². The van der Waals surface area contributed by atoms with Crippen LogP contribution in [0.4, 0.5) is 64.1 Å². The van der Waals surface area contributed by atoms with Crippen LogP contribution in [0.25, 0.3) is 195 Å². The summed E-state index contributed by atoms with van der Waals surface area (Å²) >= 11 is 0. The van der Waals surface area contributed by atoms with Gasteiger partial charge in [-0.15, -0.1) is 0 Å². The zero-order valence-electron chi connectivity index (χ0n) is 66.0. The third-order valence-electron chi connectivity index (χ3n) is 26.7. The van der Waals surface area contributed by atoms with Crippen molar-refractivity contribution in [3.63, 3.8) is 0 Å². The molecule has 2 aliphatic heterocycles. The molecule has 21 aromatic rings. The predicted octanol–water partition coefficient (Wildman–Crippen LogP) is 30.8. The Kier molecular flexibility index (Phi) is 14.6. The Hall–Kier alpha value is -13.5. The molecular formula is C104H62F12N2O4. The molecule has 2 aliphatic rings. The predicted molar refractivity (Wildman–Crippen MR) is 465 cm³/mol. The minimum Gasteiger partial charge on any atom is -0.268 e. The van der Waals surface area contributed by atoms with E-state index in [9.17, 15) is 0 Å². The highest BCUT2D eigenvalue weighted by Crippen LogP contribution is 2.60. The molecule has 0 bridgehead atoms. The second-order valence-electron chi connectivity index (χ2n) is 34.5. The first-order valence-electron chi connectivity index (χ1n) is 40.4. The van der Waals surface area contributed by atoms with E-state index in [0.29, 0.717) is 198 Å². The fourth-order valence-electron chi connectivity index (χ4n) is 21.7. The number of para-hydroxylation sites is 2. The van der Waals surface area contributed by atoms with E-state index in [1.807, 2.05) is 165 Å². The first-order valence-corrected chi connectivity index (χ1v) is 40.4. The molecule has 0 fully saturated rings. The van der Waals surface area contributed by atoms with E-state index in [4.69, 9.17) is 0 Å². The molecule has 21 aromatic carbocycles. The monoisotopic (exact) mass is 1630 g/mol. The summed E-state index contributed by atoms with van der Waals surface area (Å²) in [5.74, 6) is -2.25. The highest BCUT2D eigenvalue weighted by atomic mass is 19.4. The van der Waals surface area contributed by atoms with Crippen LogP contribution in [0.5, 0.6) is 0 Å². The molecule has 0 N–H and O–H groups in total. The number of imide groups is 2. The van der Waals surface area contributed by atoms with Crippen LogP contribution >= 0.6 is 0 Å². The summed E-state index contributed by atoms with van der Waals surface area (Å²) in [6.45, 7) is 16.0. The number of rotatable bonds is 8. The van der Waals surface area contributed by atoms with Gasteiger partial charge in [-0.05, 0) is 303 Å². The molecule has 0 atom stereocenters. The molecule has 23 rings (SSSR count). The average Bonchev–Trinajstić information content (AvgIpc) is 0.666. The normalized spacial score (nSPS) is 14.4. The van der Waals surface area contributed by atoms with Crippen LogP contribution in [0, 0.1) is 0 Å². The van der Waals surface area contributed by atoms with Gasteiger partial charge in [-0.2, -0.15) is 52.7 Å². The van der Waals surface area contributed by atoms with Crippen molar-refractivity contribution in [1.29, 1.82) is 0 Å². The highest BCUT2D eigenvalue weighted by molar-refractivity contribution is 6.53. The topological polar surface area (TPSA) is 74.8 Å². The molecule has 0 aliphatic carbocycles. The van der Waals surface area contributed by atoms with Crippen molar-refractivity contribution in [3.05, 3.63) is 273 Å². The summed E-state index contributed by atoms with van der Waals surface area (Å²) in [7, 11) is 0. The van der Waals surface area contributed by atoms with Gasteiger partial charge in [0, 0.05) is 33.0 Å². The summed E-state index contributed by atoms with van der Waals surface area (Å²) in [5.41, 5.74) is -2.06. The lowest BCUT2D eigenvalue weighted by molar-refractivity contribution is -0.144. The lowest BCUT2D eigenvalue weighted by Crippen LogP contribution is -2.41. The third-order valence-corrected chi connectivity index (χ3v) is 26.7. The van der Waals surface area contributed by atoms with Gasteiger partial charge in [0.15, 0.2) is 0 Å². The smallest absolute Gasteiger partial charge is 0.268 e. The van der Waals surface area contributed by atoms with E-state index in [0.717, 1.165) is 22.3 Å². The Bertz CT molecular complexity index is 7690. The Morgan fingerprint density at radius 1 is 0.205 bits per heavy atom. The number of halogens is 12. The van der Waals surface area contributed by atoms with E-state index >= 15 is 71.9 Å². The number of fused-ring (bicyclic) bond motifs is 10. The van der Waals surface area contributed by atoms with Crippen LogP contribution in [-0.2, 0) is 24.7 Å². The zero-order chi connectivity index (χ0) is 84.7. The Balaban J connectivity index is 0.831. The number of carbonyl (C=O) groups is 4. The van der Waals surface area contributed by atoms with Gasteiger partial charge in [0.1, 0.15) is 0 Å². The fourth-order valence-corrected chi connectivity index (χ4v) is 21.7. The van der Waals surface area contributed by atoms with E-state index in [2.05, 4.69) is 0 Å². The third kappa shape index (κ3) is 9.54. The van der Waals surface area contributed by atoms with Gasteiger partial charge < -0.3 is 0 Å². The number of hydrogen-bond donors (Lipinski definition) is 0. The first kappa shape index (κ1) is 73.6. The van der Waals surface area contributed by atoms with Crippen LogP contribution in [0.2, 0.25) is 0 Å². The van der Waals surface area contributed by atoms with E-state index in [1.54, 1.807) is 60.7 Å². The van der Waals surface area contributed by atoms with Crippen LogP contribution in [-0.4, -0.2) is 23.6 Å². The Morgan fingerprint density at radius 3 is 0.623 bits per heavy atom. The number of anilines is 2. The van der Waals surface area contributed by atoms with Crippen molar-refractivity contribution < 1.29 is 71.9 Å². The highest BCUT2D eigenvalue weighted by Gasteiger charge is 2.44. The lowest BCUT2D eigenvalue weighted by Gasteiger charge is -2.33. The molecule has 0 saturated carbocycles. The number of nitrogens with zero attached hydrogens (tertiary/aromatic N) is 2. The molecule has 0 radical (unpaired) electrons. The summed E-state index contributed by atoms with van der Waals surface area (Å²) < 4.78 is 188. The van der Waals surface area contributed by atoms with Crippen molar-refractivity contribution in [3.8, 4) is 22.3 Å². The maximum absolute atomic E-state index is 15.6. The minimum atomic E-state index is -5.35. The Morgan fingerprint density at radius 2 is 0.402 bits per heavy atom. The van der Waals surface area contributed by atoms with Crippen molar-refractivity contribution >= 4 is 207 Å². The number of alkyl halides is 12. The van der Waals surface area contributed by atoms with Crippen LogP contribution in [0.15, 0.2) is 206 Å². The molecule has 4 amide bonds. The first-order chi connectivity index (χ1) is 58.1. The van der Waals surface area contributed by atoms with Crippen LogP contribution in [0.3, 0.4) is 0 Å². The van der Waals surface area contributed by atoms with Gasteiger partial charge in [-0.3, -0.25) is 19.2 Å². The second kappa shape index (κ2) is 24.2. The van der Waals surface area contributed by atoms with Gasteiger partial charge in [0.2, 0.25) is 0 Å². The van der Waals surface area contributed by atoms with Crippen LogP contribution in [0.1, 0.15) is 165 Å². The van der Waals surface area contributed by atoms with Crippen molar-refractivity contribution in [2.75, 3.05) is 9.80 Å². The molecule has 6 nitrogen and oxygen atoms in total. The fraction of sp³-hybridized carbons (Fsp3) is 0.154. The van der Waals surface area contributed by atoms with Gasteiger partial charge in [0.05, 0.1) is 33.6 Å². The Labute approximate surface area is 684 Å². The molecule has 2 heterocycles. The van der Waals surface area contributed by atoms with E-state index in [1.165, 1.54) is 9.80 Å². The molecule has 596 valence electrons. The summed E-state index contributed by atoms with van der Waals surface area (Å²) in [6.07, 6.45) is -21.4. The molecule has 18 heteroatoms. The molecule has 122 heavy (non-hydrogen) atoms. The van der Waals surface area contributed by atoms with E-state index in [-0.39, 0.29) is 79.2 Å². The number of benzene rings is 21. The molecular weight excluding hydrogens is 1570 g/mol. The SMILES string of the molecule is CC(C)c1cccc(C(C)C)c1N1C(=O)c2ccc3c4ccc5c6ccc7c8c(-c9cc(C(F)(F)F)cc(C(F)(F)F)c9)cc9c%10ccc%11c%12ccc%13c%14c(ccc(c%15ccc(c%16ccc(c%17c(-c%18cc(C(F)(F)F)cc(C(F)(F)F)c%18)cc(c%18ccc(c%19ccc(c2c3%19)C1=O)c4c5%18)c6c7%17)c8c%169)c%10c%15%11)c%14%12)C(=O)N(c1c(C(C)C)cccc1C(C)C)C%13=O. The van der Waals surface area contributed by atoms with Crippen molar-refractivity contribution in [1.82, 2.24) is 0 Å². The molecule has 0 unspecified atom stereocenters. The van der Waals surface area contributed by atoms with Gasteiger partial charge in [0.25, 0.3) is 23.6 Å². The number of amides is 4. The summed E-state index contributed by atoms with van der Waals surface area (Å²) in [6, 6.07) is 53.9. The number of hydrogen-bond acceptors (Lipinski definition) is 4. The molecule has 0 spiro atoms. The minimum absolute atomic E-state index is 0.0486. The molecule has 0 aromatic heterocycles. The number of carbonyl (C=O) groups excluding carboxylic acids is 4. The van der Waals surface area contributed by atoms with E-state index < -0.39 is 81.7 Å². The second-order valence-corrected chi connectivity index (χ2v) is 34.5.